The topological polar surface area (TPSA) is 69.6 Å². The van der Waals surface area contributed by atoms with Crippen molar-refractivity contribution < 1.29 is 14.7 Å². The van der Waals surface area contributed by atoms with Crippen LogP contribution >= 0.6 is 15.9 Å². The first-order chi connectivity index (χ1) is 9.40. The second kappa shape index (κ2) is 7.28. The molecule has 1 atom stereocenters. The Morgan fingerprint density at radius 2 is 1.95 bits per heavy atom. The van der Waals surface area contributed by atoms with E-state index in [1.54, 1.807) is 17.9 Å². The second-order valence-corrected chi connectivity index (χ2v) is 5.28. The highest BCUT2D eigenvalue weighted by Crippen LogP contribution is 2.22. The summed E-state index contributed by atoms with van der Waals surface area (Å²) in [5.41, 5.74) is 0.146. The monoisotopic (exact) mass is 342 g/mol. The highest BCUT2D eigenvalue weighted by atomic mass is 79.9. The molecule has 0 spiro atoms. The van der Waals surface area contributed by atoms with Crippen molar-refractivity contribution in [2.45, 2.75) is 26.8 Å². The maximum absolute atomic E-state index is 12.1. The molecule has 0 aliphatic rings. The number of amides is 2. The van der Waals surface area contributed by atoms with Gasteiger partial charge in [0.2, 0.25) is 5.91 Å². The molecule has 1 rings (SSSR count). The Bertz CT molecular complexity index is 501. The van der Waals surface area contributed by atoms with Gasteiger partial charge in [-0.2, -0.15) is 0 Å². The van der Waals surface area contributed by atoms with Gasteiger partial charge in [0.25, 0.3) is 5.91 Å². The molecule has 0 aliphatic heterocycles. The van der Waals surface area contributed by atoms with Gasteiger partial charge in [-0.3, -0.25) is 9.59 Å². The van der Waals surface area contributed by atoms with Gasteiger partial charge in [-0.15, -0.1) is 0 Å². The van der Waals surface area contributed by atoms with E-state index in [-0.39, 0.29) is 17.2 Å². The van der Waals surface area contributed by atoms with Crippen molar-refractivity contribution in [3.05, 3.63) is 28.2 Å². The molecular formula is C14H19BrN2O3. The first-order valence-electron chi connectivity index (χ1n) is 6.48. The molecule has 0 heterocycles. The largest absolute Gasteiger partial charge is 0.507 e. The number of aromatic hydroxyl groups is 1. The van der Waals surface area contributed by atoms with Crippen LogP contribution in [-0.4, -0.2) is 41.0 Å². The van der Waals surface area contributed by atoms with E-state index in [2.05, 4.69) is 21.2 Å². The average Bonchev–Trinajstić information content (AvgIpc) is 2.39. The number of carbonyl (C=O) groups excluding carboxylic acids is 2. The van der Waals surface area contributed by atoms with Crippen molar-refractivity contribution in [3.63, 3.8) is 0 Å². The molecule has 0 aromatic heterocycles. The lowest BCUT2D eigenvalue weighted by Crippen LogP contribution is -2.46. The van der Waals surface area contributed by atoms with Gasteiger partial charge in [0.1, 0.15) is 11.8 Å². The number of nitrogens with one attached hydrogen (secondary N) is 1. The molecule has 2 amide bonds. The minimum Gasteiger partial charge on any atom is -0.507 e. The smallest absolute Gasteiger partial charge is 0.255 e. The van der Waals surface area contributed by atoms with Crippen LogP contribution < -0.4 is 5.32 Å². The van der Waals surface area contributed by atoms with Gasteiger partial charge in [-0.1, -0.05) is 15.9 Å². The molecule has 0 aliphatic carbocycles. The van der Waals surface area contributed by atoms with Crippen LogP contribution in [0.15, 0.2) is 22.7 Å². The number of hydrogen-bond donors (Lipinski definition) is 2. The lowest BCUT2D eigenvalue weighted by Gasteiger charge is -2.23. The summed E-state index contributed by atoms with van der Waals surface area (Å²) in [7, 11) is 0. The molecule has 0 bridgehead atoms. The number of likely N-dealkylation sites (N-methyl/N-ethyl adjacent to an activating group) is 1. The van der Waals surface area contributed by atoms with Crippen molar-refractivity contribution in [2.24, 2.45) is 0 Å². The van der Waals surface area contributed by atoms with Crippen LogP contribution in [0.3, 0.4) is 0 Å². The first-order valence-corrected chi connectivity index (χ1v) is 7.28. The van der Waals surface area contributed by atoms with Gasteiger partial charge in [-0.25, -0.2) is 0 Å². The standard InChI is InChI=1S/C14H19BrN2O3/c1-4-17(5-2)14(20)9(3)16-13(19)11-7-6-10(15)8-12(11)18/h6-9,18H,4-5H2,1-3H3,(H,16,19). The molecule has 1 aromatic rings. The van der Waals surface area contributed by atoms with Gasteiger partial charge in [0, 0.05) is 17.6 Å². The van der Waals surface area contributed by atoms with Gasteiger partial charge in [0.15, 0.2) is 0 Å². The van der Waals surface area contributed by atoms with E-state index < -0.39 is 11.9 Å². The summed E-state index contributed by atoms with van der Waals surface area (Å²) in [6, 6.07) is 3.96. The lowest BCUT2D eigenvalue weighted by atomic mass is 10.1. The van der Waals surface area contributed by atoms with Crippen LogP contribution in [0.5, 0.6) is 5.75 Å². The molecule has 2 N–H and O–H groups in total. The number of phenols is 1. The fourth-order valence-corrected chi connectivity index (χ4v) is 2.19. The second-order valence-electron chi connectivity index (χ2n) is 4.37. The molecule has 5 nitrogen and oxygen atoms in total. The highest BCUT2D eigenvalue weighted by molar-refractivity contribution is 9.10. The Hall–Kier alpha value is -1.56. The molecule has 1 unspecified atom stereocenters. The zero-order valence-electron chi connectivity index (χ0n) is 11.8. The Labute approximate surface area is 127 Å². The number of benzene rings is 1. The summed E-state index contributed by atoms with van der Waals surface area (Å²) in [6.07, 6.45) is 0. The van der Waals surface area contributed by atoms with Crippen molar-refractivity contribution in [1.82, 2.24) is 10.2 Å². The summed E-state index contributed by atoms with van der Waals surface area (Å²) in [5.74, 6) is -0.734. The molecule has 6 heteroatoms. The minimum absolute atomic E-state index is 0.126. The number of phenolic OH excluding ortho intramolecular Hbond substituents is 1. The molecular weight excluding hydrogens is 324 g/mol. The Kier molecular flexibility index (Phi) is 6.01. The van der Waals surface area contributed by atoms with Gasteiger partial charge >= 0.3 is 0 Å². The molecule has 1 aromatic carbocycles. The quantitative estimate of drug-likeness (QED) is 0.861. The fourth-order valence-electron chi connectivity index (χ4n) is 1.84. The van der Waals surface area contributed by atoms with E-state index in [0.717, 1.165) is 0 Å². The van der Waals surface area contributed by atoms with E-state index in [1.807, 2.05) is 13.8 Å². The van der Waals surface area contributed by atoms with Crippen molar-refractivity contribution >= 4 is 27.7 Å². The van der Waals surface area contributed by atoms with Crippen molar-refractivity contribution in [3.8, 4) is 5.75 Å². The summed E-state index contributed by atoms with van der Waals surface area (Å²) in [6.45, 7) is 6.60. The molecule has 0 saturated heterocycles. The number of hydrogen-bond acceptors (Lipinski definition) is 3. The predicted molar refractivity (Wildman–Crippen MR) is 80.7 cm³/mol. The fraction of sp³-hybridized carbons (Fsp3) is 0.429. The third kappa shape index (κ3) is 3.96. The number of rotatable bonds is 5. The van der Waals surface area contributed by atoms with E-state index in [9.17, 15) is 14.7 Å². The molecule has 20 heavy (non-hydrogen) atoms. The summed E-state index contributed by atoms with van der Waals surface area (Å²) in [5, 5.41) is 12.3. The van der Waals surface area contributed by atoms with Crippen LogP contribution in [0, 0.1) is 0 Å². The number of nitrogens with zero attached hydrogens (tertiary/aromatic N) is 1. The van der Waals surface area contributed by atoms with Crippen molar-refractivity contribution in [2.75, 3.05) is 13.1 Å². The van der Waals surface area contributed by atoms with E-state index in [1.165, 1.54) is 12.1 Å². The van der Waals surface area contributed by atoms with E-state index in [0.29, 0.717) is 17.6 Å². The Morgan fingerprint density at radius 3 is 2.45 bits per heavy atom. The summed E-state index contributed by atoms with van der Waals surface area (Å²) < 4.78 is 0.679. The molecule has 0 radical (unpaired) electrons. The van der Waals surface area contributed by atoms with Gasteiger partial charge in [0.05, 0.1) is 5.56 Å². The first kappa shape index (κ1) is 16.5. The highest BCUT2D eigenvalue weighted by Gasteiger charge is 2.21. The predicted octanol–water partition coefficient (Wildman–Crippen LogP) is 2.14. The SMILES string of the molecule is CCN(CC)C(=O)C(C)NC(=O)c1ccc(Br)cc1O. The summed E-state index contributed by atoms with van der Waals surface area (Å²) >= 11 is 3.20. The van der Waals surface area contributed by atoms with Crippen LogP contribution in [0.25, 0.3) is 0 Å². The van der Waals surface area contributed by atoms with Crippen LogP contribution in [-0.2, 0) is 4.79 Å². The lowest BCUT2D eigenvalue weighted by molar-refractivity contribution is -0.132. The average molecular weight is 343 g/mol. The van der Waals surface area contributed by atoms with Crippen LogP contribution in [0.2, 0.25) is 0 Å². The van der Waals surface area contributed by atoms with Crippen LogP contribution in [0.1, 0.15) is 31.1 Å². The zero-order valence-corrected chi connectivity index (χ0v) is 13.4. The molecule has 0 saturated carbocycles. The Balaban J connectivity index is 2.77. The number of carbonyl (C=O) groups is 2. The maximum Gasteiger partial charge on any atom is 0.255 e. The van der Waals surface area contributed by atoms with Crippen molar-refractivity contribution in [1.29, 1.82) is 0 Å². The van der Waals surface area contributed by atoms with E-state index >= 15 is 0 Å². The molecule has 0 fully saturated rings. The normalized spacial score (nSPS) is 11.8. The maximum atomic E-state index is 12.1. The zero-order chi connectivity index (χ0) is 15.3. The molecule has 110 valence electrons. The third-order valence-corrected chi connectivity index (χ3v) is 3.49. The number of halogens is 1. The van der Waals surface area contributed by atoms with Gasteiger partial charge < -0.3 is 15.3 Å². The van der Waals surface area contributed by atoms with Gasteiger partial charge in [-0.05, 0) is 39.0 Å². The van der Waals surface area contributed by atoms with E-state index in [4.69, 9.17) is 0 Å². The third-order valence-electron chi connectivity index (χ3n) is 3.00. The minimum atomic E-state index is -0.634. The van der Waals surface area contributed by atoms with Crippen LogP contribution in [0.4, 0.5) is 0 Å². The Morgan fingerprint density at radius 1 is 1.35 bits per heavy atom. The summed E-state index contributed by atoms with van der Waals surface area (Å²) in [4.78, 5) is 25.7.